The molecule has 0 unspecified atom stereocenters. The molecule has 3 atom stereocenters. The van der Waals surface area contributed by atoms with Crippen molar-refractivity contribution in [3.05, 3.63) is 22.8 Å². The number of carbonyl (C=O) groups is 2. The van der Waals surface area contributed by atoms with Crippen LogP contribution in [0.1, 0.15) is 60.3 Å². The first kappa shape index (κ1) is 16.6. The third-order valence-electron chi connectivity index (χ3n) is 6.52. The Balaban J connectivity index is 2.17. The third kappa shape index (κ3) is 2.27. The van der Waals surface area contributed by atoms with E-state index in [0.29, 0.717) is 23.1 Å². The van der Waals surface area contributed by atoms with E-state index in [9.17, 15) is 14.7 Å². The normalized spacial score (nSPS) is 36.7. The minimum absolute atomic E-state index is 0.000950. The molecule has 3 heteroatoms. The maximum Gasteiger partial charge on any atom is 0.188 e. The van der Waals surface area contributed by atoms with Crippen LogP contribution in [-0.2, 0) is 9.59 Å². The zero-order chi connectivity index (χ0) is 17.2. The Hall–Kier alpha value is -1.22. The lowest BCUT2D eigenvalue weighted by atomic mass is 9.48. The molecule has 0 aromatic carbocycles. The van der Waals surface area contributed by atoms with Crippen molar-refractivity contribution in [1.82, 2.24) is 0 Å². The Morgan fingerprint density at radius 3 is 2.43 bits per heavy atom. The van der Waals surface area contributed by atoms with Crippen LogP contribution >= 0.6 is 0 Å². The molecule has 1 N–H and O–H groups in total. The number of aliphatic hydroxyl groups excluding tert-OH is 1. The van der Waals surface area contributed by atoms with Crippen LogP contribution in [0.25, 0.3) is 0 Å². The summed E-state index contributed by atoms with van der Waals surface area (Å²) in [6.45, 7) is 10.5. The van der Waals surface area contributed by atoms with Crippen molar-refractivity contribution in [2.75, 3.05) is 0 Å². The second-order valence-corrected chi connectivity index (χ2v) is 8.80. The highest BCUT2D eigenvalue weighted by atomic mass is 16.3. The summed E-state index contributed by atoms with van der Waals surface area (Å²) in [7, 11) is 0. The number of allylic oxidation sites excluding steroid dienone is 3. The first-order chi connectivity index (χ1) is 10.6. The molecule has 0 saturated heterocycles. The molecule has 3 aliphatic rings. The lowest BCUT2D eigenvalue weighted by Gasteiger charge is -2.55. The molecule has 0 aliphatic heterocycles. The van der Waals surface area contributed by atoms with Crippen LogP contribution in [0.2, 0.25) is 0 Å². The molecule has 3 nitrogen and oxygen atoms in total. The summed E-state index contributed by atoms with van der Waals surface area (Å²) in [5.74, 6) is 0.0849. The van der Waals surface area contributed by atoms with Crippen LogP contribution in [0.15, 0.2) is 22.8 Å². The van der Waals surface area contributed by atoms with Crippen LogP contribution in [0, 0.1) is 22.7 Å². The van der Waals surface area contributed by atoms with Crippen LogP contribution < -0.4 is 0 Å². The first-order valence-electron chi connectivity index (χ1n) is 8.83. The van der Waals surface area contributed by atoms with Crippen molar-refractivity contribution in [3.8, 4) is 0 Å². The number of carbonyl (C=O) groups excluding carboxylic acids is 2. The topological polar surface area (TPSA) is 54.4 Å². The summed E-state index contributed by atoms with van der Waals surface area (Å²) in [4.78, 5) is 25.8. The van der Waals surface area contributed by atoms with E-state index in [0.717, 1.165) is 19.3 Å². The van der Waals surface area contributed by atoms with Crippen molar-refractivity contribution < 1.29 is 14.7 Å². The van der Waals surface area contributed by atoms with Gasteiger partial charge in [-0.2, -0.15) is 0 Å². The average Bonchev–Trinajstić information content (AvgIpc) is 2.43. The van der Waals surface area contributed by atoms with Gasteiger partial charge in [0.25, 0.3) is 0 Å². The summed E-state index contributed by atoms with van der Waals surface area (Å²) in [5.41, 5.74) is 1.35. The van der Waals surface area contributed by atoms with Gasteiger partial charge < -0.3 is 5.11 Å². The first-order valence-corrected chi connectivity index (χ1v) is 8.83. The molecule has 0 radical (unpaired) electrons. The summed E-state index contributed by atoms with van der Waals surface area (Å²) < 4.78 is 0. The fourth-order valence-corrected chi connectivity index (χ4v) is 5.36. The van der Waals surface area contributed by atoms with Gasteiger partial charge in [-0.15, -0.1) is 0 Å². The van der Waals surface area contributed by atoms with E-state index in [-0.39, 0.29) is 34.2 Å². The predicted molar refractivity (Wildman–Crippen MR) is 89.8 cm³/mol. The second kappa shape index (κ2) is 5.14. The largest absolute Gasteiger partial charge is 0.388 e. The molecule has 23 heavy (non-hydrogen) atoms. The van der Waals surface area contributed by atoms with Gasteiger partial charge in [-0.05, 0) is 42.6 Å². The van der Waals surface area contributed by atoms with Crippen molar-refractivity contribution in [3.63, 3.8) is 0 Å². The van der Waals surface area contributed by atoms with Gasteiger partial charge in [-0.25, -0.2) is 0 Å². The number of fused-ring (bicyclic) bond motifs is 2. The lowest BCUT2D eigenvalue weighted by molar-refractivity contribution is -0.121. The summed E-state index contributed by atoms with van der Waals surface area (Å²) >= 11 is 0. The Bertz CT molecular complexity index is 635. The zero-order valence-electron chi connectivity index (χ0n) is 14.9. The molecule has 0 spiro atoms. The van der Waals surface area contributed by atoms with Crippen molar-refractivity contribution >= 4 is 11.6 Å². The molecular weight excluding hydrogens is 288 g/mol. The minimum atomic E-state index is -0.806. The molecule has 1 saturated carbocycles. The molecule has 1 fully saturated rings. The highest BCUT2D eigenvalue weighted by molar-refractivity contribution is 6.24. The molecule has 0 amide bonds. The quantitative estimate of drug-likeness (QED) is 0.752. The molecule has 3 rings (SSSR count). The number of Topliss-reactive ketones (excluding diaryl/α,β-unsaturated/α-hetero) is 1. The van der Waals surface area contributed by atoms with Crippen molar-refractivity contribution in [2.45, 2.75) is 66.4 Å². The molecule has 0 aromatic heterocycles. The van der Waals surface area contributed by atoms with Gasteiger partial charge in [-0.3, -0.25) is 9.59 Å². The smallest absolute Gasteiger partial charge is 0.188 e. The van der Waals surface area contributed by atoms with Crippen molar-refractivity contribution in [2.24, 2.45) is 22.7 Å². The van der Waals surface area contributed by atoms with Gasteiger partial charge in [0.1, 0.15) is 0 Å². The summed E-state index contributed by atoms with van der Waals surface area (Å²) in [6, 6.07) is 0. The highest BCUT2D eigenvalue weighted by Crippen LogP contribution is 2.60. The number of hydrogen-bond donors (Lipinski definition) is 1. The van der Waals surface area contributed by atoms with E-state index in [1.807, 2.05) is 13.8 Å². The average molecular weight is 316 g/mol. The molecular formula is C20H28O3. The third-order valence-corrected chi connectivity index (χ3v) is 6.52. The zero-order valence-corrected chi connectivity index (χ0v) is 14.9. The van der Waals surface area contributed by atoms with Gasteiger partial charge in [0.15, 0.2) is 11.6 Å². The van der Waals surface area contributed by atoms with Gasteiger partial charge >= 0.3 is 0 Å². The number of rotatable bonds is 1. The summed E-state index contributed by atoms with van der Waals surface area (Å²) in [5, 5.41) is 10.7. The maximum atomic E-state index is 12.9. The van der Waals surface area contributed by atoms with E-state index >= 15 is 0 Å². The van der Waals surface area contributed by atoms with Crippen LogP contribution in [0.3, 0.4) is 0 Å². The highest BCUT2D eigenvalue weighted by Gasteiger charge is 2.56. The van der Waals surface area contributed by atoms with E-state index in [2.05, 4.69) is 20.8 Å². The Morgan fingerprint density at radius 1 is 1.17 bits per heavy atom. The van der Waals surface area contributed by atoms with E-state index in [1.54, 1.807) is 0 Å². The van der Waals surface area contributed by atoms with Gasteiger partial charge in [-0.1, -0.05) is 41.0 Å². The molecule has 0 aromatic rings. The van der Waals surface area contributed by atoms with Gasteiger partial charge in [0.05, 0.1) is 6.10 Å². The Morgan fingerprint density at radius 2 is 1.83 bits per heavy atom. The van der Waals surface area contributed by atoms with Crippen LogP contribution in [0.4, 0.5) is 0 Å². The lowest BCUT2D eigenvalue weighted by Crippen LogP contribution is -2.52. The van der Waals surface area contributed by atoms with Crippen molar-refractivity contribution in [1.29, 1.82) is 0 Å². The van der Waals surface area contributed by atoms with Gasteiger partial charge in [0, 0.05) is 22.1 Å². The Kier molecular flexibility index (Phi) is 3.72. The fraction of sp³-hybridized carbons (Fsp3) is 0.700. The van der Waals surface area contributed by atoms with Crippen LogP contribution in [-0.4, -0.2) is 22.8 Å². The molecule has 126 valence electrons. The van der Waals surface area contributed by atoms with E-state index < -0.39 is 6.10 Å². The second-order valence-electron chi connectivity index (χ2n) is 8.80. The fourth-order valence-electron chi connectivity index (χ4n) is 5.36. The number of aliphatic hydroxyl groups is 1. The SMILES string of the molecule is CC(C)C1=CC(=O)C2=C(C1=O)[C@@H](O)C[C@H]1C(C)(C)CCC[C@]21C. The minimum Gasteiger partial charge on any atom is -0.388 e. The van der Waals surface area contributed by atoms with Gasteiger partial charge in [0.2, 0.25) is 0 Å². The maximum absolute atomic E-state index is 12.9. The van der Waals surface area contributed by atoms with E-state index in [1.165, 1.54) is 6.08 Å². The Labute approximate surface area is 138 Å². The molecule has 0 heterocycles. The number of hydrogen-bond acceptors (Lipinski definition) is 3. The monoisotopic (exact) mass is 316 g/mol. The number of ketones is 2. The predicted octanol–water partition coefficient (Wildman–Crippen LogP) is 3.61. The summed E-state index contributed by atoms with van der Waals surface area (Å²) in [6.07, 6.45) is 4.42. The van der Waals surface area contributed by atoms with E-state index in [4.69, 9.17) is 0 Å². The standard InChI is InChI=1S/C20H28O3/c1-11(2)12-9-14(22)17-16(18(12)23)13(21)10-15-19(3,4)7-6-8-20(15,17)5/h9,11,13,15,21H,6-8,10H2,1-5H3/t13-,15-,20-/m0/s1. The van der Waals surface area contributed by atoms with Crippen LogP contribution in [0.5, 0.6) is 0 Å². The molecule has 3 aliphatic carbocycles. The molecule has 0 bridgehead atoms.